The van der Waals surface area contributed by atoms with Crippen molar-refractivity contribution < 1.29 is 23.6 Å². The van der Waals surface area contributed by atoms with Crippen LogP contribution in [0.3, 0.4) is 0 Å². The first-order valence-corrected chi connectivity index (χ1v) is 12.1. The van der Waals surface area contributed by atoms with Gasteiger partial charge >= 0.3 is 11.9 Å². The number of allylic oxidation sites excluding steroid dienone is 1. The van der Waals surface area contributed by atoms with Crippen molar-refractivity contribution in [3.63, 3.8) is 0 Å². The third kappa shape index (κ3) is 4.12. The molecule has 0 N–H and O–H groups in total. The number of hydrogen-bond acceptors (Lipinski definition) is 9. The third-order valence-corrected chi connectivity index (χ3v) is 6.99. The number of thiazole rings is 1. The first-order chi connectivity index (χ1) is 17.8. The minimum Gasteiger partial charge on any atom is -0.496 e. The van der Waals surface area contributed by atoms with Crippen molar-refractivity contribution >= 4 is 40.0 Å². The summed E-state index contributed by atoms with van der Waals surface area (Å²) >= 11 is 1.09. The molecule has 2 aromatic heterocycles. The summed E-state index contributed by atoms with van der Waals surface area (Å²) in [4.78, 5) is 42.3. The zero-order valence-corrected chi connectivity index (χ0v) is 20.9. The summed E-state index contributed by atoms with van der Waals surface area (Å²) < 4.78 is 18.0. The van der Waals surface area contributed by atoms with Crippen LogP contribution in [-0.4, -0.2) is 29.2 Å². The Morgan fingerprint density at radius 1 is 1.24 bits per heavy atom. The van der Waals surface area contributed by atoms with E-state index < -0.39 is 28.4 Å². The van der Waals surface area contributed by atoms with E-state index in [1.54, 1.807) is 19.9 Å². The van der Waals surface area contributed by atoms with Gasteiger partial charge in [-0.2, -0.15) is 0 Å². The number of rotatable bonds is 6. The second-order valence-electron chi connectivity index (χ2n) is 8.14. The predicted molar refractivity (Wildman–Crippen MR) is 136 cm³/mol. The highest BCUT2D eigenvalue weighted by atomic mass is 32.1. The van der Waals surface area contributed by atoms with Crippen LogP contribution in [0, 0.1) is 10.1 Å². The van der Waals surface area contributed by atoms with E-state index in [-0.39, 0.29) is 22.5 Å². The first-order valence-electron chi connectivity index (χ1n) is 11.3. The highest BCUT2D eigenvalue weighted by molar-refractivity contribution is 7.07. The summed E-state index contributed by atoms with van der Waals surface area (Å²) in [6.07, 6.45) is 1.43. The van der Waals surface area contributed by atoms with E-state index >= 15 is 0 Å². The van der Waals surface area contributed by atoms with Crippen LogP contribution in [0.1, 0.15) is 31.2 Å². The van der Waals surface area contributed by atoms with Crippen molar-refractivity contribution in [2.75, 3.05) is 13.7 Å². The van der Waals surface area contributed by atoms with Gasteiger partial charge in [0.05, 0.1) is 35.6 Å². The molecule has 2 aromatic carbocycles. The van der Waals surface area contributed by atoms with Gasteiger partial charge in [0.25, 0.3) is 5.56 Å². The van der Waals surface area contributed by atoms with Crippen molar-refractivity contribution in [2.45, 2.75) is 19.9 Å². The summed E-state index contributed by atoms with van der Waals surface area (Å²) in [6, 6.07) is 13.1. The molecule has 1 aliphatic rings. The summed E-state index contributed by atoms with van der Waals surface area (Å²) in [7, 11) is 1.53. The monoisotopic (exact) mass is 519 g/mol. The first kappa shape index (κ1) is 24.2. The maximum absolute atomic E-state index is 13.8. The van der Waals surface area contributed by atoms with Crippen LogP contribution in [0.25, 0.3) is 16.8 Å². The van der Waals surface area contributed by atoms with Crippen molar-refractivity contribution in [3.05, 3.63) is 101 Å². The van der Waals surface area contributed by atoms with Crippen LogP contribution in [0.2, 0.25) is 0 Å². The van der Waals surface area contributed by atoms with E-state index in [0.29, 0.717) is 21.8 Å². The lowest BCUT2D eigenvalue weighted by Gasteiger charge is -2.27. The Hall–Kier alpha value is -4.51. The lowest BCUT2D eigenvalue weighted by molar-refractivity contribution is -0.402. The number of nitrogens with zero attached hydrogens (tertiary/aromatic N) is 3. The summed E-state index contributed by atoms with van der Waals surface area (Å²) in [5, 5.41) is 12.7. The average molecular weight is 520 g/mol. The van der Waals surface area contributed by atoms with Gasteiger partial charge in [0, 0.05) is 11.6 Å². The van der Waals surface area contributed by atoms with Crippen LogP contribution in [0.15, 0.2) is 74.0 Å². The molecule has 0 spiro atoms. The molecule has 5 rings (SSSR count). The highest BCUT2D eigenvalue weighted by Gasteiger charge is 2.36. The second kappa shape index (κ2) is 9.51. The van der Waals surface area contributed by atoms with Gasteiger partial charge in [-0.1, -0.05) is 41.7 Å². The molecule has 3 heterocycles. The van der Waals surface area contributed by atoms with Crippen molar-refractivity contribution in [3.8, 4) is 5.75 Å². The number of esters is 1. The molecule has 188 valence electrons. The number of nitro groups is 1. The Morgan fingerprint density at radius 3 is 2.73 bits per heavy atom. The number of aromatic nitrogens is 1. The summed E-state index contributed by atoms with van der Waals surface area (Å²) in [5.74, 6) is -0.369. The molecular formula is C26H21N3O7S. The van der Waals surface area contributed by atoms with Crippen molar-refractivity contribution in [2.24, 2.45) is 4.99 Å². The number of hydrogen-bond donors (Lipinski definition) is 0. The van der Waals surface area contributed by atoms with Crippen LogP contribution in [-0.2, 0) is 9.53 Å². The standard InChI is InChI=1S/C26H21N3O7S/c1-4-35-25(31)21-14(2)27-26-28(24(30)19(37-26)13-16-10-12-20(36-16)29(32)33)23(21)22-17-8-6-5-7-15(17)9-11-18(22)34-3/h5-13,23H,4H2,1-3H3/b19-13-/t23-/m0/s1. The number of methoxy groups -OCH3 is 1. The van der Waals surface area contributed by atoms with Crippen LogP contribution in [0.4, 0.5) is 5.88 Å². The summed E-state index contributed by atoms with van der Waals surface area (Å²) in [5.41, 5.74) is 0.834. The van der Waals surface area contributed by atoms with E-state index in [2.05, 4.69) is 4.99 Å². The quantitative estimate of drug-likeness (QED) is 0.217. The van der Waals surface area contributed by atoms with E-state index in [1.165, 1.54) is 29.9 Å². The molecule has 0 amide bonds. The predicted octanol–water partition coefficient (Wildman–Crippen LogP) is 3.46. The van der Waals surface area contributed by atoms with E-state index in [1.807, 2.05) is 30.3 Å². The minimum absolute atomic E-state index is 0.150. The van der Waals surface area contributed by atoms with Gasteiger partial charge in [-0.3, -0.25) is 19.5 Å². The molecule has 4 aromatic rings. The molecule has 37 heavy (non-hydrogen) atoms. The minimum atomic E-state index is -0.885. The van der Waals surface area contributed by atoms with Gasteiger partial charge in [0.2, 0.25) is 0 Å². The fourth-order valence-electron chi connectivity index (χ4n) is 4.45. The largest absolute Gasteiger partial charge is 0.496 e. The number of ether oxygens (including phenoxy) is 2. The normalized spacial score (nSPS) is 15.4. The Labute approximate surface area is 213 Å². The smallest absolute Gasteiger partial charge is 0.433 e. The molecular weight excluding hydrogens is 498 g/mol. The third-order valence-electron chi connectivity index (χ3n) is 6.01. The fraction of sp³-hybridized carbons (Fsp3) is 0.192. The molecule has 1 atom stereocenters. The van der Waals surface area contributed by atoms with Crippen LogP contribution >= 0.6 is 11.3 Å². The van der Waals surface area contributed by atoms with E-state index in [0.717, 1.165) is 22.1 Å². The fourth-order valence-corrected chi connectivity index (χ4v) is 5.47. The van der Waals surface area contributed by atoms with E-state index in [4.69, 9.17) is 13.9 Å². The number of benzene rings is 2. The molecule has 0 aliphatic carbocycles. The molecule has 0 unspecified atom stereocenters. The molecule has 0 saturated carbocycles. The zero-order chi connectivity index (χ0) is 26.3. The van der Waals surface area contributed by atoms with Crippen LogP contribution in [0.5, 0.6) is 5.75 Å². The van der Waals surface area contributed by atoms with Gasteiger partial charge in [-0.05, 0) is 36.8 Å². The SMILES string of the molecule is CCOC(=O)C1=C(C)N=c2s/c(=C\c3ccc([N+](=O)[O-])o3)c(=O)n2[C@@H]1c1c(OC)ccc2ccccc12. The second-order valence-corrected chi connectivity index (χ2v) is 9.15. The molecule has 0 bridgehead atoms. The van der Waals surface area contributed by atoms with Gasteiger partial charge in [-0.15, -0.1) is 0 Å². The van der Waals surface area contributed by atoms with Gasteiger partial charge < -0.3 is 13.9 Å². The van der Waals surface area contributed by atoms with Crippen molar-refractivity contribution in [1.29, 1.82) is 0 Å². The van der Waals surface area contributed by atoms with Gasteiger partial charge in [-0.25, -0.2) is 9.79 Å². The number of fused-ring (bicyclic) bond motifs is 2. The molecule has 11 heteroatoms. The Bertz CT molecular complexity index is 1780. The molecule has 1 aliphatic heterocycles. The lowest BCUT2D eigenvalue weighted by Crippen LogP contribution is -2.40. The average Bonchev–Trinajstić information content (AvgIpc) is 3.47. The van der Waals surface area contributed by atoms with Crippen molar-refractivity contribution in [1.82, 2.24) is 4.57 Å². The Kier molecular flexibility index (Phi) is 6.22. The Morgan fingerprint density at radius 2 is 2.03 bits per heavy atom. The number of furan rings is 1. The molecule has 0 fully saturated rings. The zero-order valence-electron chi connectivity index (χ0n) is 20.1. The molecule has 0 saturated heterocycles. The maximum atomic E-state index is 13.8. The van der Waals surface area contributed by atoms with Gasteiger partial charge in [0.1, 0.15) is 22.5 Å². The van der Waals surface area contributed by atoms with Gasteiger partial charge in [0.15, 0.2) is 4.80 Å². The highest BCUT2D eigenvalue weighted by Crippen LogP contribution is 2.40. The Balaban J connectivity index is 1.82. The maximum Gasteiger partial charge on any atom is 0.433 e. The topological polar surface area (TPSA) is 126 Å². The molecule has 0 radical (unpaired) electrons. The van der Waals surface area contributed by atoms with Crippen LogP contribution < -0.4 is 19.6 Å². The number of carbonyl (C=O) groups excluding carboxylic acids is 1. The lowest BCUT2D eigenvalue weighted by atomic mass is 9.90. The summed E-state index contributed by atoms with van der Waals surface area (Å²) in [6.45, 7) is 3.56. The van der Waals surface area contributed by atoms with E-state index in [9.17, 15) is 19.7 Å². The molecule has 10 nitrogen and oxygen atoms in total. The number of carbonyl (C=O) groups is 1.